The highest BCUT2D eigenvalue weighted by atomic mass is 19.4. The van der Waals surface area contributed by atoms with Crippen LogP contribution in [0.5, 0.6) is 5.75 Å². The number of rotatable bonds is 3. The summed E-state index contributed by atoms with van der Waals surface area (Å²) in [6.45, 7) is 0. The van der Waals surface area contributed by atoms with E-state index in [0.717, 1.165) is 16.8 Å². The maximum absolute atomic E-state index is 12.0. The van der Waals surface area contributed by atoms with Crippen LogP contribution < -0.4 is 15.6 Å². The fourth-order valence-corrected chi connectivity index (χ4v) is 1.56. The van der Waals surface area contributed by atoms with Gasteiger partial charge in [-0.15, -0.1) is 13.2 Å². The van der Waals surface area contributed by atoms with Crippen LogP contribution in [0.2, 0.25) is 0 Å². The summed E-state index contributed by atoms with van der Waals surface area (Å²) in [4.78, 5) is 23.1. The highest BCUT2D eigenvalue weighted by Gasteiger charge is 2.30. The van der Waals surface area contributed by atoms with E-state index in [1.807, 2.05) is 0 Å². The van der Waals surface area contributed by atoms with Gasteiger partial charge in [-0.3, -0.25) is 9.59 Å². The molecule has 0 fully saturated rings. The van der Waals surface area contributed by atoms with Gasteiger partial charge in [0.2, 0.25) is 0 Å². The maximum atomic E-state index is 12.0. The third kappa shape index (κ3) is 4.08. The number of alkyl halides is 3. The van der Waals surface area contributed by atoms with Crippen molar-refractivity contribution < 1.29 is 22.7 Å². The largest absolute Gasteiger partial charge is 0.573 e. The van der Waals surface area contributed by atoms with Crippen molar-refractivity contribution in [1.29, 1.82) is 0 Å². The number of benzene rings is 1. The summed E-state index contributed by atoms with van der Waals surface area (Å²) in [5.41, 5.74) is -0.113. The Morgan fingerprint density at radius 3 is 2.36 bits per heavy atom. The van der Waals surface area contributed by atoms with Gasteiger partial charge in [-0.25, -0.2) is 4.68 Å². The van der Waals surface area contributed by atoms with Crippen molar-refractivity contribution in [2.45, 2.75) is 6.36 Å². The molecule has 0 saturated heterocycles. The molecule has 0 atom stereocenters. The Kier molecular flexibility index (Phi) is 4.15. The number of carbonyl (C=O) groups is 1. The minimum atomic E-state index is -4.77. The average molecular weight is 313 g/mol. The van der Waals surface area contributed by atoms with E-state index in [4.69, 9.17) is 0 Å². The van der Waals surface area contributed by atoms with Crippen LogP contribution >= 0.6 is 0 Å². The number of carbonyl (C=O) groups excluding carboxylic acids is 1. The molecule has 1 amide bonds. The van der Waals surface area contributed by atoms with Crippen LogP contribution in [0.4, 0.5) is 18.9 Å². The molecule has 116 valence electrons. The van der Waals surface area contributed by atoms with Crippen LogP contribution in [-0.4, -0.2) is 22.1 Å². The molecule has 0 aliphatic rings. The van der Waals surface area contributed by atoms with E-state index in [1.54, 1.807) is 0 Å². The number of ether oxygens (including phenoxy) is 1. The molecule has 0 aliphatic heterocycles. The van der Waals surface area contributed by atoms with Gasteiger partial charge >= 0.3 is 6.36 Å². The monoisotopic (exact) mass is 313 g/mol. The minimum absolute atomic E-state index is 0.00211. The second-order valence-electron chi connectivity index (χ2n) is 4.21. The fourth-order valence-electron chi connectivity index (χ4n) is 1.56. The molecule has 1 aromatic carbocycles. The number of aryl methyl sites for hydroxylation is 1. The second-order valence-corrected chi connectivity index (χ2v) is 4.21. The van der Waals surface area contributed by atoms with Gasteiger partial charge in [0.05, 0.1) is 0 Å². The Morgan fingerprint density at radius 2 is 1.82 bits per heavy atom. The molecule has 9 heteroatoms. The lowest BCUT2D eigenvalue weighted by atomic mass is 10.3. The van der Waals surface area contributed by atoms with Gasteiger partial charge in [-0.1, -0.05) is 0 Å². The summed E-state index contributed by atoms with van der Waals surface area (Å²) >= 11 is 0. The number of aromatic nitrogens is 2. The Morgan fingerprint density at radius 1 is 1.18 bits per heavy atom. The van der Waals surface area contributed by atoms with Crippen molar-refractivity contribution in [2.75, 3.05) is 5.32 Å². The van der Waals surface area contributed by atoms with Gasteiger partial charge in [0.25, 0.3) is 11.5 Å². The molecule has 6 nitrogen and oxygen atoms in total. The second kappa shape index (κ2) is 5.88. The molecule has 0 aliphatic carbocycles. The molecule has 0 bridgehead atoms. The molecule has 1 N–H and O–H groups in total. The van der Waals surface area contributed by atoms with Crippen molar-refractivity contribution >= 4 is 11.6 Å². The summed E-state index contributed by atoms with van der Waals surface area (Å²) in [6, 6.07) is 7.07. The van der Waals surface area contributed by atoms with Crippen molar-refractivity contribution in [3.8, 4) is 5.75 Å². The fraction of sp³-hybridized carbons (Fsp3) is 0.154. The molecular formula is C13H10F3N3O3. The van der Waals surface area contributed by atoms with Crippen molar-refractivity contribution in [3.05, 3.63) is 52.4 Å². The van der Waals surface area contributed by atoms with Crippen LogP contribution in [-0.2, 0) is 7.05 Å². The van der Waals surface area contributed by atoms with E-state index in [2.05, 4.69) is 15.2 Å². The topological polar surface area (TPSA) is 73.2 Å². The number of nitrogens with one attached hydrogen (secondary N) is 1. The highest BCUT2D eigenvalue weighted by Crippen LogP contribution is 2.24. The lowest BCUT2D eigenvalue weighted by molar-refractivity contribution is -0.274. The first-order chi connectivity index (χ1) is 10.2. The van der Waals surface area contributed by atoms with Crippen LogP contribution in [0.1, 0.15) is 10.5 Å². The molecule has 0 saturated carbocycles. The van der Waals surface area contributed by atoms with Gasteiger partial charge < -0.3 is 10.1 Å². The van der Waals surface area contributed by atoms with Gasteiger partial charge in [-0.05, 0) is 30.3 Å². The maximum Gasteiger partial charge on any atom is 0.573 e. The zero-order chi connectivity index (χ0) is 16.3. The Hall–Kier alpha value is -2.84. The average Bonchev–Trinajstić information content (AvgIpc) is 2.42. The Balaban J connectivity index is 2.08. The van der Waals surface area contributed by atoms with E-state index in [1.165, 1.54) is 31.3 Å². The van der Waals surface area contributed by atoms with Gasteiger partial charge in [0.15, 0.2) is 0 Å². The van der Waals surface area contributed by atoms with Crippen LogP contribution in [0.15, 0.2) is 41.2 Å². The lowest BCUT2D eigenvalue weighted by Gasteiger charge is -2.10. The van der Waals surface area contributed by atoms with Crippen molar-refractivity contribution in [1.82, 2.24) is 9.78 Å². The number of halogens is 3. The number of hydrogen-bond donors (Lipinski definition) is 1. The van der Waals surface area contributed by atoms with Crippen molar-refractivity contribution in [3.63, 3.8) is 0 Å². The van der Waals surface area contributed by atoms with E-state index in [-0.39, 0.29) is 16.9 Å². The number of nitrogens with zero attached hydrogens (tertiary/aromatic N) is 2. The minimum Gasteiger partial charge on any atom is -0.406 e. The van der Waals surface area contributed by atoms with E-state index < -0.39 is 18.0 Å². The third-order valence-corrected chi connectivity index (χ3v) is 2.54. The van der Waals surface area contributed by atoms with Gasteiger partial charge in [0.1, 0.15) is 11.4 Å². The normalized spacial score (nSPS) is 11.1. The van der Waals surface area contributed by atoms with Crippen LogP contribution in [0.25, 0.3) is 0 Å². The summed E-state index contributed by atoms with van der Waals surface area (Å²) in [5.74, 6) is -0.995. The van der Waals surface area contributed by atoms with E-state index >= 15 is 0 Å². The molecule has 0 spiro atoms. The number of amides is 1. The number of anilines is 1. The third-order valence-electron chi connectivity index (χ3n) is 2.54. The molecule has 0 unspecified atom stereocenters. The van der Waals surface area contributed by atoms with Crippen LogP contribution in [0.3, 0.4) is 0 Å². The first-order valence-corrected chi connectivity index (χ1v) is 5.96. The molecule has 2 rings (SSSR count). The van der Waals surface area contributed by atoms with E-state index in [9.17, 15) is 22.8 Å². The predicted octanol–water partition coefficient (Wildman–Crippen LogP) is 1.93. The van der Waals surface area contributed by atoms with Gasteiger partial charge in [0, 0.05) is 18.8 Å². The Bertz CT molecular complexity index is 739. The Labute approximate surface area is 122 Å². The zero-order valence-corrected chi connectivity index (χ0v) is 11.2. The first kappa shape index (κ1) is 15.5. The summed E-state index contributed by atoms with van der Waals surface area (Å²) < 4.78 is 40.8. The smallest absolute Gasteiger partial charge is 0.406 e. The summed E-state index contributed by atoms with van der Waals surface area (Å²) in [5, 5.41) is 6.19. The summed E-state index contributed by atoms with van der Waals surface area (Å²) in [6.07, 6.45) is -4.77. The standard InChI is InChI=1S/C13H10F3N3O3/c1-19-11(20)7-6-10(18-19)12(21)17-8-2-4-9(5-3-8)22-13(14,15)16/h2-7H,1H3,(H,17,21). The lowest BCUT2D eigenvalue weighted by Crippen LogP contribution is -2.23. The van der Waals surface area contributed by atoms with Gasteiger partial charge in [-0.2, -0.15) is 5.10 Å². The number of hydrogen-bond acceptors (Lipinski definition) is 4. The SMILES string of the molecule is Cn1nc(C(=O)Nc2ccc(OC(F)(F)F)cc2)ccc1=O. The predicted molar refractivity (Wildman–Crippen MR) is 70.6 cm³/mol. The first-order valence-electron chi connectivity index (χ1n) is 5.96. The summed E-state index contributed by atoms with van der Waals surface area (Å²) in [7, 11) is 1.39. The van der Waals surface area contributed by atoms with Crippen LogP contribution in [0, 0.1) is 0 Å². The van der Waals surface area contributed by atoms with Crippen molar-refractivity contribution in [2.24, 2.45) is 7.05 Å². The molecule has 1 heterocycles. The quantitative estimate of drug-likeness (QED) is 0.940. The molecule has 1 aromatic heterocycles. The van der Waals surface area contributed by atoms with E-state index in [0.29, 0.717) is 0 Å². The molecule has 2 aromatic rings. The molecule has 0 radical (unpaired) electrons. The highest BCUT2D eigenvalue weighted by molar-refractivity contribution is 6.02. The molecular weight excluding hydrogens is 303 g/mol. The zero-order valence-electron chi connectivity index (χ0n) is 11.2. The molecule has 22 heavy (non-hydrogen) atoms.